The summed E-state index contributed by atoms with van der Waals surface area (Å²) in [7, 11) is 0. The molecule has 1 N–H and O–H groups in total. The largest absolute Gasteiger partial charge is 0.481 e. The quantitative estimate of drug-likeness (QED) is 0.929. The first-order valence-corrected chi connectivity index (χ1v) is 7.07. The molecule has 1 aromatic rings. The van der Waals surface area contributed by atoms with Gasteiger partial charge in [-0.05, 0) is 31.5 Å². The van der Waals surface area contributed by atoms with E-state index in [9.17, 15) is 9.90 Å². The average molecular weight is 302 g/mol. The Morgan fingerprint density at radius 1 is 1.37 bits per heavy atom. The molecular formula is C14H17Cl2NO2. The summed E-state index contributed by atoms with van der Waals surface area (Å²) < 4.78 is 0. The summed E-state index contributed by atoms with van der Waals surface area (Å²) >= 11 is 12.1. The summed E-state index contributed by atoms with van der Waals surface area (Å²) in [5, 5.41) is 10.5. The van der Waals surface area contributed by atoms with Crippen molar-refractivity contribution in [1.82, 2.24) is 4.90 Å². The van der Waals surface area contributed by atoms with Crippen LogP contribution in [0.15, 0.2) is 18.2 Å². The highest BCUT2D eigenvalue weighted by molar-refractivity contribution is 6.35. The second kappa shape index (κ2) is 5.70. The number of carboxylic acids is 1. The molecule has 0 saturated carbocycles. The first kappa shape index (κ1) is 14.6. The van der Waals surface area contributed by atoms with E-state index in [4.69, 9.17) is 23.2 Å². The van der Waals surface area contributed by atoms with Crippen molar-refractivity contribution in [2.45, 2.75) is 25.8 Å². The van der Waals surface area contributed by atoms with Crippen molar-refractivity contribution in [3.05, 3.63) is 33.8 Å². The van der Waals surface area contributed by atoms with Gasteiger partial charge >= 0.3 is 5.97 Å². The lowest BCUT2D eigenvalue weighted by molar-refractivity contribution is -0.141. The molecule has 1 aromatic carbocycles. The Hall–Kier alpha value is -0.770. The lowest BCUT2D eigenvalue weighted by atomic mass is 9.89. The number of nitrogens with zero attached hydrogens (tertiary/aromatic N) is 1. The topological polar surface area (TPSA) is 40.5 Å². The second-order valence-electron chi connectivity index (χ2n) is 5.26. The molecule has 3 nitrogen and oxygen atoms in total. The summed E-state index contributed by atoms with van der Waals surface area (Å²) in [4.78, 5) is 13.6. The molecule has 1 fully saturated rings. The van der Waals surface area contributed by atoms with E-state index >= 15 is 0 Å². The van der Waals surface area contributed by atoms with Gasteiger partial charge in [-0.15, -0.1) is 0 Å². The van der Waals surface area contributed by atoms with Gasteiger partial charge in [0.1, 0.15) is 0 Å². The second-order valence-corrected chi connectivity index (χ2v) is 6.11. The summed E-state index contributed by atoms with van der Waals surface area (Å²) in [6, 6.07) is 5.61. The predicted molar refractivity (Wildman–Crippen MR) is 77.0 cm³/mol. The number of halogens is 2. The fourth-order valence-corrected chi connectivity index (χ4v) is 3.17. The van der Waals surface area contributed by atoms with Crippen LogP contribution < -0.4 is 0 Å². The van der Waals surface area contributed by atoms with Crippen molar-refractivity contribution in [3.63, 3.8) is 0 Å². The number of likely N-dealkylation sites (tertiary alicyclic amines) is 1. The minimum atomic E-state index is -0.765. The number of hydrogen-bond donors (Lipinski definition) is 1. The number of hydrogen-bond acceptors (Lipinski definition) is 2. The molecule has 1 saturated heterocycles. The van der Waals surface area contributed by atoms with Gasteiger partial charge in [0, 0.05) is 35.1 Å². The normalized spacial score (nSPS) is 24.1. The molecule has 0 aromatic heterocycles. The zero-order valence-corrected chi connectivity index (χ0v) is 12.4. The van der Waals surface area contributed by atoms with Crippen LogP contribution in [-0.4, -0.2) is 35.1 Å². The summed E-state index contributed by atoms with van der Waals surface area (Å²) in [6.07, 6.45) is 0. The summed E-state index contributed by atoms with van der Waals surface area (Å²) in [5.74, 6) is -1.26. The van der Waals surface area contributed by atoms with E-state index in [1.54, 1.807) is 12.1 Å². The van der Waals surface area contributed by atoms with Crippen LogP contribution in [0, 0.1) is 5.92 Å². The molecule has 5 heteroatoms. The maximum atomic E-state index is 11.4. The number of benzene rings is 1. The average Bonchev–Trinajstić information content (AvgIpc) is 2.73. The predicted octanol–water partition coefficient (Wildman–Crippen LogP) is 3.50. The standard InChI is InChI=1S/C14H17Cl2NO2/c1-8(2)17-6-11(12(7-17)14(18)19)10-4-3-9(15)5-13(10)16/h3-5,8,11-12H,6-7H2,1-2H3,(H,18,19). The molecule has 2 atom stereocenters. The van der Waals surface area contributed by atoms with Gasteiger partial charge < -0.3 is 5.11 Å². The van der Waals surface area contributed by atoms with Crippen LogP contribution in [0.25, 0.3) is 0 Å². The van der Waals surface area contributed by atoms with Crippen molar-refractivity contribution < 1.29 is 9.90 Å². The molecular weight excluding hydrogens is 285 g/mol. The van der Waals surface area contributed by atoms with Gasteiger partial charge in [0.2, 0.25) is 0 Å². The lowest BCUT2D eigenvalue weighted by Gasteiger charge is -2.20. The number of carbonyl (C=O) groups is 1. The van der Waals surface area contributed by atoms with Crippen LogP contribution >= 0.6 is 23.2 Å². The van der Waals surface area contributed by atoms with Gasteiger partial charge in [0.05, 0.1) is 5.92 Å². The van der Waals surface area contributed by atoms with Crippen molar-refractivity contribution in [2.75, 3.05) is 13.1 Å². The third-order valence-corrected chi connectivity index (χ3v) is 4.32. The maximum Gasteiger partial charge on any atom is 0.308 e. The van der Waals surface area contributed by atoms with Gasteiger partial charge in [-0.2, -0.15) is 0 Å². The Kier molecular flexibility index (Phi) is 4.39. The van der Waals surface area contributed by atoms with Crippen LogP contribution in [0.4, 0.5) is 0 Å². The van der Waals surface area contributed by atoms with Crippen molar-refractivity contribution in [1.29, 1.82) is 0 Å². The van der Waals surface area contributed by atoms with Crippen molar-refractivity contribution in [2.24, 2.45) is 5.92 Å². The van der Waals surface area contributed by atoms with Crippen molar-refractivity contribution in [3.8, 4) is 0 Å². The fraction of sp³-hybridized carbons (Fsp3) is 0.500. The highest BCUT2D eigenvalue weighted by Gasteiger charge is 2.40. The Bertz CT molecular complexity index is 490. The minimum absolute atomic E-state index is 0.0790. The van der Waals surface area contributed by atoms with E-state index < -0.39 is 11.9 Å². The Morgan fingerprint density at radius 3 is 2.58 bits per heavy atom. The minimum Gasteiger partial charge on any atom is -0.481 e. The van der Waals surface area contributed by atoms with E-state index in [-0.39, 0.29) is 5.92 Å². The highest BCUT2D eigenvalue weighted by atomic mass is 35.5. The molecule has 0 radical (unpaired) electrons. The van der Waals surface area contributed by atoms with E-state index in [2.05, 4.69) is 18.7 Å². The Labute approximate surface area is 123 Å². The molecule has 19 heavy (non-hydrogen) atoms. The molecule has 2 unspecified atom stereocenters. The zero-order valence-electron chi connectivity index (χ0n) is 10.9. The SMILES string of the molecule is CC(C)N1CC(C(=O)O)C(c2ccc(Cl)cc2Cl)C1. The molecule has 0 aliphatic carbocycles. The first-order valence-electron chi connectivity index (χ1n) is 6.32. The van der Waals surface area contributed by atoms with Gasteiger partial charge in [-0.3, -0.25) is 9.69 Å². The number of carboxylic acid groups (broad SMARTS) is 1. The number of rotatable bonds is 3. The zero-order chi connectivity index (χ0) is 14.2. The molecule has 104 valence electrons. The van der Waals surface area contributed by atoms with E-state index in [0.717, 1.165) is 12.1 Å². The van der Waals surface area contributed by atoms with Crippen molar-refractivity contribution >= 4 is 29.2 Å². The third kappa shape index (κ3) is 3.04. The molecule has 1 aliphatic rings. The molecule has 1 heterocycles. The maximum absolute atomic E-state index is 11.4. The van der Waals surface area contributed by atoms with Gasteiger partial charge in [0.25, 0.3) is 0 Å². The summed E-state index contributed by atoms with van der Waals surface area (Å²) in [5.41, 5.74) is 0.876. The first-order chi connectivity index (χ1) is 8.90. The van der Waals surface area contributed by atoms with Gasteiger partial charge in [0.15, 0.2) is 0 Å². The van der Waals surface area contributed by atoms with E-state index in [1.165, 1.54) is 0 Å². The molecule has 1 aliphatic heterocycles. The van der Waals surface area contributed by atoms with Crippen LogP contribution in [0.5, 0.6) is 0 Å². The fourth-order valence-electron chi connectivity index (χ4n) is 2.62. The smallest absolute Gasteiger partial charge is 0.308 e. The number of aliphatic carboxylic acids is 1. The van der Waals surface area contributed by atoms with E-state index in [0.29, 0.717) is 22.6 Å². The Balaban J connectivity index is 2.33. The highest BCUT2D eigenvalue weighted by Crippen LogP contribution is 2.38. The van der Waals surface area contributed by atoms with E-state index in [1.807, 2.05) is 6.07 Å². The van der Waals surface area contributed by atoms with Crippen LogP contribution in [0.3, 0.4) is 0 Å². The van der Waals surface area contributed by atoms with Crippen LogP contribution in [0.2, 0.25) is 10.0 Å². The van der Waals surface area contributed by atoms with Gasteiger partial charge in [-0.25, -0.2) is 0 Å². The van der Waals surface area contributed by atoms with Crippen LogP contribution in [0.1, 0.15) is 25.3 Å². The molecule has 0 spiro atoms. The lowest BCUT2D eigenvalue weighted by Crippen LogP contribution is -2.29. The summed E-state index contributed by atoms with van der Waals surface area (Å²) in [6.45, 7) is 5.43. The van der Waals surface area contributed by atoms with Gasteiger partial charge in [-0.1, -0.05) is 29.3 Å². The molecule has 2 rings (SSSR count). The Morgan fingerprint density at radius 2 is 2.05 bits per heavy atom. The third-order valence-electron chi connectivity index (χ3n) is 3.76. The monoisotopic (exact) mass is 301 g/mol. The molecule has 0 amide bonds. The molecule has 0 bridgehead atoms. The van der Waals surface area contributed by atoms with Crippen LogP contribution in [-0.2, 0) is 4.79 Å².